The predicted molar refractivity (Wildman–Crippen MR) is 125 cm³/mol. The van der Waals surface area contributed by atoms with Crippen LogP contribution in [0.5, 0.6) is 0 Å². The minimum atomic E-state index is -0.459. The Labute approximate surface area is 195 Å². The number of hydroxylamine groups is 2. The fourth-order valence-corrected chi connectivity index (χ4v) is 4.23. The molecule has 4 heterocycles. The summed E-state index contributed by atoms with van der Waals surface area (Å²) in [5.74, 6) is 1.44. The lowest BCUT2D eigenvalue weighted by molar-refractivity contribution is -0.118. The van der Waals surface area contributed by atoms with E-state index in [9.17, 15) is 9.90 Å². The summed E-state index contributed by atoms with van der Waals surface area (Å²) in [6.07, 6.45) is 6.89. The van der Waals surface area contributed by atoms with Gasteiger partial charge in [-0.15, -0.1) is 0 Å². The van der Waals surface area contributed by atoms with Crippen LogP contribution in [-0.4, -0.2) is 59.9 Å². The molecule has 0 amide bonds. The van der Waals surface area contributed by atoms with Crippen LogP contribution in [0.2, 0.25) is 0 Å². The normalized spacial score (nSPS) is 18.6. The number of hydrogen-bond acceptors (Lipinski definition) is 8. The number of β-amino-alcohol motifs (C(OH)–C–C–N with tert-alkyl or cyclic N) is 1. The average molecular weight is 460 g/mol. The minimum absolute atomic E-state index is 0.167. The van der Waals surface area contributed by atoms with E-state index in [1.165, 1.54) is 0 Å². The van der Waals surface area contributed by atoms with Gasteiger partial charge in [0.15, 0.2) is 11.6 Å². The number of nitrogens with zero attached hydrogens (tertiary/aromatic N) is 5. The third kappa shape index (κ3) is 4.07. The number of aromatic nitrogens is 5. The Morgan fingerprint density at radius 2 is 2.21 bits per heavy atom. The van der Waals surface area contributed by atoms with Gasteiger partial charge in [0.1, 0.15) is 0 Å². The van der Waals surface area contributed by atoms with Crippen molar-refractivity contribution in [2.24, 2.45) is 5.92 Å². The van der Waals surface area contributed by atoms with E-state index in [-0.39, 0.29) is 11.7 Å². The average Bonchev–Trinajstić information content (AvgIpc) is 3.32. The number of H-pyrrole nitrogens is 1. The molecule has 0 bridgehead atoms. The van der Waals surface area contributed by atoms with Gasteiger partial charge < -0.3 is 15.4 Å². The molecular formula is C24H25N7O3. The van der Waals surface area contributed by atoms with Gasteiger partial charge in [0.25, 0.3) is 0 Å². The summed E-state index contributed by atoms with van der Waals surface area (Å²) >= 11 is 0. The zero-order valence-corrected chi connectivity index (χ0v) is 18.7. The summed E-state index contributed by atoms with van der Waals surface area (Å²) in [6, 6.07) is 7.63. The topological polar surface area (TPSA) is 121 Å². The Morgan fingerprint density at radius 1 is 1.32 bits per heavy atom. The Morgan fingerprint density at radius 3 is 3.00 bits per heavy atom. The molecule has 1 aliphatic carbocycles. The quantitative estimate of drug-likeness (QED) is 0.361. The second-order valence-electron chi connectivity index (χ2n) is 8.92. The Balaban J connectivity index is 1.22. The molecule has 10 nitrogen and oxygen atoms in total. The van der Waals surface area contributed by atoms with E-state index in [0.29, 0.717) is 31.5 Å². The van der Waals surface area contributed by atoms with E-state index < -0.39 is 6.10 Å². The molecule has 2 aliphatic rings. The number of carbonyl (C=O) groups is 1. The third-order valence-corrected chi connectivity index (χ3v) is 6.24. The van der Waals surface area contributed by atoms with Gasteiger partial charge in [0, 0.05) is 58.3 Å². The van der Waals surface area contributed by atoms with Crippen molar-refractivity contribution in [3.05, 3.63) is 59.7 Å². The number of anilines is 2. The van der Waals surface area contributed by atoms with Gasteiger partial charge in [-0.1, -0.05) is 0 Å². The molecule has 34 heavy (non-hydrogen) atoms. The predicted octanol–water partition coefficient (Wildman–Crippen LogP) is 2.90. The number of aromatic amines is 1. The second kappa shape index (κ2) is 8.32. The zero-order valence-electron chi connectivity index (χ0n) is 18.7. The highest BCUT2D eigenvalue weighted by molar-refractivity contribution is 6.10. The van der Waals surface area contributed by atoms with Crippen LogP contribution in [0.15, 0.2) is 42.9 Å². The van der Waals surface area contributed by atoms with Gasteiger partial charge in [-0.25, -0.2) is 9.67 Å². The first-order valence-electron chi connectivity index (χ1n) is 11.4. The first kappa shape index (κ1) is 21.0. The number of aliphatic hydroxyl groups is 1. The van der Waals surface area contributed by atoms with Gasteiger partial charge in [-0.3, -0.25) is 9.63 Å². The van der Waals surface area contributed by atoms with Gasteiger partial charge in [-0.2, -0.15) is 15.1 Å². The van der Waals surface area contributed by atoms with E-state index >= 15 is 0 Å². The van der Waals surface area contributed by atoms with Crippen molar-refractivity contribution >= 4 is 28.3 Å². The number of carbonyl (C=O) groups excluding carboxylic acids is 1. The number of nitrogens with one attached hydrogen (secondary N) is 2. The van der Waals surface area contributed by atoms with Gasteiger partial charge >= 0.3 is 0 Å². The van der Waals surface area contributed by atoms with Crippen LogP contribution in [0, 0.1) is 12.8 Å². The standard InChI is InChI=1S/C24H25N7O3/c1-14-16(10-30-12-18(32)13-34-30)11-31(29-14)22-6-7-25-24(28-22)27-17-4-5-21-19(8-17)20(9-26-21)23(33)15-2-3-15/h4-9,11,15,18,26,32H,2-3,10,12-13H2,1H3,(H,25,27,28)/t18-/m0/s1. The van der Waals surface area contributed by atoms with Crippen LogP contribution in [0.4, 0.5) is 11.6 Å². The zero-order chi connectivity index (χ0) is 23.2. The highest BCUT2D eigenvalue weighted by Gasteiger charge is 2.31. The lowest BCUT2D eigenvalue weighted by atomic mass is 10.1. The van der Waals surface area contributed by atoms with E-state index in [0.717, 1.165) is 46.3 Å². The maximum atomic E-state index is 12.6. The first-order valence-corrected chi connectivity index (χ1v) is 11.4. The molecule has 6 rings (SSSR count). The van der Waals surface area contributed by atoms with Crippen molar-refractivity contribution in [1.82, 2.24) is 29.8 Å². The molecule has 1 atom stereocenters. The highest BCUT2D eigenvalue weighted by atomic mass is 16.7. The van der Waals surface area contributed by atoms with E-state index in [1.54, 1.807) is 28.2 Å². The number of benzene rings is 1. The molecule has 10 heteroatoms. The highest BCUT2D eigenvalue weighted by Crippen LogP contribution is 2.35. The van der Waals surface area contributed by atoms with E-state index in [4.69, 9.17) is 4.84 Å². The first-order chi connectivity index (χ1) is 16.5. The van der Waals surface area contributed by atoms with Crippen molar-refractivity contribution < 1.29 is 14.7 Å². The van der Waals surface area contributed by atoms with E-state index in [1.807, 2.05) is 31.3 Å². The number of aliphatic hydroxyl groups excluding tert-OH is 1. The maximum absolute atomic E-state index is 12.6. The molecule has 1 saturated carbocycles. The van der Waals surface area contributed by atoms with Crippen molar-refractivity contribution in [2.45, 2.75) is 32.4 Å². The number of rotatable bonds is 7. The summed E-state index contributed by atoms with van der Waals surface area (Å²) in [5.41, 5.74) is 4.33. The molecule has 1 aliphatic heterocycles. The molecule has 4 aromatic rings. The molecule has 0 radical (unpaired) electrons. The monoisotopic (exact) mass is 459 g/mol. The maximum Gasteiger partial charge on any atom is 0.229 e. The molecule has 1 saturated heterocycles. The fraction of sp³-hybridized carbons (Fsp3) is 0.333. The number of Topliss-reactive ketones (excluding diaryl/α,β-unsaturated/α-hetero) is 1. The van der Waals surface area contributed by atoms with Crippen molar-refractivity contribution in [2.75, 3.05) is 18.5 Å². The molecule has 174 valence electrons. The molecule has 0 spiro atoms. The van der Waals surface area contributed by atoms with Crippen LogP contribution in [0.1, 0.15) is 34.5 Å². The summed E-state index contributed by atoms with van der Waals surface area (Å²) in [5, 5.41) is 20.1. The number of ketones is 1. The van der Waals surface area contributed by atoms with Crippen molar-refractivity contribution in [3.63, 3.8) is 0 Å². The van der Waals surface area contributed by atoms with Crippen LogP contribution in [0.3, 0.4) is 0 Å². The second-order valence-corrected chi connectivity index (χ2v) is 8.92. The van der Waals surface area contributed by atoms with Gasteiger partial charge in [0.2, 0.25) is 5.95 Å². The third-order valence-electron chi connectivity index (χ3n) is 6.24. The summed E-state index contributed by atoms with van der Waals surface area (Å²) in [7, 11) is 0. The smallest absolute Gasteiger partial charge is 0.229 e. The summed E-state index contributed by atoms with van der Waals surface area (Å²) in [6.45, 7) is 3.27. The van der Waals surface area contributed by atoms with Crippen LogP contribution in [-0.2, 0) is 11.4 Å². The SMILES string of the molecule is Cc1nn(-c2ccnc(Nc3ccc4[nH]cc(C(=O)C5CC5)c4c3)n2)cc1CN1C[C@H](O)CO1. The lowest BCUT2D eigenvalue weighted by Crippen LogP contribution is -2.20. The molecule has 2 fully saturated rings. The summed E-state index contributed by atoms with van der Waals surface area (Å²) < 4.78 is 1.71. The van der Waals surface area contributed by atoms with Crippen LogP contribution < -0.4 is 5.32 Å². The number of aryl methyl sites for hydroxylation is 1. The lowest BCUT2D eigenvalue weighted by Gasteiger charge is -2.12. The molecule has 3 aromatic heterocycles. The van der Waals surface area contributed by atoms with E-state index in [2.05, 4.69) is 25.4 Å². The van der Waals surface area contributed by atoms with Crippen molar-refractivity contribution in [3.8, 4) is 5.82 Å². The molecule has 1 aromatic carbocycles. The van der Waals surface area contributed by atoms with Crippen LogP contribution >= 0.6 is 0 Å². The Hall–Kier alpha value is -3.60. The largest absolute Gasteiger partial charge is 0.389 e. The van der Waals surface area contributed by atoms with Crippen LogP contribution in [0.25, 0.3) is 16.7 Å². The molecule has 3 N–H and O–H groups in total. The molecular weight excluding hydrogens is 434 g/mol. The minimum Gasteiger partial charge on any atom is -0.389 e. The Kier molecular flexibility index (Phi) is 5.13. The van der Waals surface area contributed by atoms with Gasteiger partial charge in [-0.05, 0) is 38.0 Å². The summed E-state index contributed by atoms with van der Waals surface area (Å²) in [4.78, 5) is 30.2. The molecule has 0 unspecified atom stereocenters. The van der Waals surface area contributed by atoms with Gasteiger partial charge in [0.05, 0.1) is 31.5 Å². The number of hydrogen-bond donors (Lipinski definition) is 3. The van der Waals surface area contributed by atoms with Crippen molar-refractivity contribution in [1.29, 1.82) is 0 Å². The Bertz CT molecular complexity index is 1370. The fourth-order valence-electron chi connectivity index (χ4n) is 4.23. The number of fused-ring (bicyclic) bond motifs is 1.